The second-order valence-corrected chi connectivity index (χ2v) is 6.55. The predicted octanol–water partition coefficient (Wildman–Crippen LogP) is 1.19. The van der Waals surface area contributed by atoms with Crippen molar-refractivity contribution in [2.24, 2.45) is 5.84 Å². The summed E-state index contributed by atoms with van der Waals surface area (Å²) in [6.07, 6.45) is 3.02. The standard InChI is InChI=1S/C10H15ClN4O2S/c1-7-3-2-4-15(7)18(16,17)8-5-9(11)10(14-12)13-6-8/h5-7H,2-4,12H2,1H3,(H,13,14). The minimum Gasteiger partial charge on any atom is -0.307 e. The number of anilines is 1. The molecule has 2 heterocycles. The number of nitrogens with two attached hydrogens (primary N) is 1. The van der Waals surface area contributed by atoms with Gasteiger partial charge in [0.1, 0.15) is 4.90 Å². The van der Waals surface area contributed by atoms with Gasteiger partial charge in [0.05, 0.1) is 5.02 Å². The lowest BCUT2D eigenvalue weighted by atomic mass is 10.3. The Hall–Kier alpha value is -0.890. The summed E-state index contributed by atoms with van der Waals surface area (Å²) < 4.78 is 26.2. The monoisotopic (exact) mass is 290 g/mol. The van der Waals surface area contributed by atoms with Crippen LogP contribution in [-0.4, -0.2) is 30.3 Å². The van der Waals surface area contributed by atoms with Gasteiger partial charge in [-0.2, -0.15) is 4.31 Å². The van der Waals surface area contributed by atoms with Crippen LogP contribution in [0.3, 0.4) is 0 Å². The third-order valence-corrected chi connectivity index (χ3v) is 5.32. The molecule has 0 aliphatic carbocycles. The average Bonchev–Trinajstić information content (AvgIpc) is 2.76. The Kier molecular flexibility index (Phi) is 3.76. The molecule has 18 heavy (non-hydrogen) atoms. The Morgan fingerprint density at radius 1 is 1.61 bits per heavy atom. The summed E-state index contributed by atoms with van der Waals surface area (Å²) in [5.74, 6) is 5.45. The number of pyridine rings is 1. The van der Waals surface area contributed by atoms with Crippen molar-refractivity contribution in [1.82, 2.24) is 9.29 Å². The molecule has 1 aliphatic heterocycles. The number of hydrogen-bond acceptors (Lipinski definition) is 5. The fourth-order valence-corrected chi connectivity index (χ4v) is 4.02. The van der Waals surface area contributed by atoms with Crippen molar-refractivity contribution in [1.29, 1.82) is 0 Å². The Morgan fingerprint density at radius 3 is 2.83 bits per heavy atom. The molecule has 1 atom stereocenters. The van der Waals surface area contributed by atoms with Crippen LogP contribution in [0.15, 0.2) is 17.2 Å². The lowest BCUT2D eigenvalue weighted by molar-refractivity contribution is 0.408. The molecule has 2 rings (SSSR count). The number of nitrogen functional groups attached to an aromatic ring is 1. The maximum absolute atomic E-state index is 12.4. The largest absolute Gasteiger partial charge is 0.307 e. The SMILES string of the molecule is CC1CCCN1S(=O)(=O)c1cnc(NN)c(Cl)c1. The van der Waals surface area contributed by atoms with Gasteiger partial charge in [-0.1, -0.05) is 11.6 Å². The maximum atomic E-state index is 12.4. The van der Waals surface area contributed by atoms with Crippen molar-refractivity contribution in [2.75, 3.05) is 12.0 Å². The van der Waals surface area contributed by atoms with Gasteiger partial charge in [0.25, 0.3) is 0 Å². The molecular formula is C10H15ClN4O2S. The molecule has 0 radical (unpaired) electrons. The highest BCUT2D eigenvalue weighted by Gasteiger charge is 2.33. The molecule has 1 aromatic heterocycles. The van der Waals surface area contributed by atoms with Gasteiger partial charge in [-0.25, -0.2) is 19.2 Å². The van der Waals surface area contributed by atoms with E-state index in [-0.39, 0.29) is 21.8 Å². The van der Waals surface area contributed by atoms with Crippen LogP contribution in [-0.2, 0) is 10.0 Å². The second-order valence-electron chi connectivity index (χ2n) is 4.25. The molecule has 0 aromatic carbocycles. The lowest BCUT2D eigenvalue weighted by Crippen LogP contribution is -2.33. The predicted molar refractivity (Wildman–Crippen MR) is 69.6 cm³/mol. The highest BCUT2D eigenvalue weighted by molar-refractivity contribution is 7.89. The zero-order chi connectivity index (χ0) is 13.3. The summed E-state index contributed by atoms with van der Waals surface area (Å²) in [6, 6.07) is 1.38. The molecule has 3 N–H and O–H groups in total. The number of aromatic nitrogens is 1. The Morgan fingerprint density at radius 2 is 2.33 bits per heavy atom. The Labute approximate surface area is 111 Å². The van der Waals surface area contributed by atoms with Crippen molar-refractivity contribution in [3.8, 4) is 0 Å². The number of sulfonamides is 1. The van der Waals surface area contributed by atoms with E-state index in [9.17, 15) is 8.42 Å². The van der Waals surface area contributed by atoms with Crippen molar-refractivity contribution >= 4 is 27.4 Å². The van der Waals surface area contributed by atoms with Crippen LogP contribution in [0.1, 0.15) is 19.8 Å². The fraction of sp³-hybridized carbons (Fsp3) is 0.500. The van der Waals surface area contributed by atoms with Gasteiger partial charge < -0.3 is 5.43 Å². The molecule has 1 unspecified atom stereocenters. The first-order valence-electron chi connectivity index (χ1n) is 5.61. The third kappa shape index (κ3) is 2.31. The minimum absolute atomic E-state index is 0.0149. The molecule has 1 aliphatic rings. The van der Waals surface area contributed by atoms with E-state index in [0.717, 1.165) is 12.8 Å². The molecule has 1 fully saturated rings. The van der Waals surface area contributed by atoms with Gasteiger partial charge in [0.2, 0.25) is 10.0 Å². The van der Waals surface area contributed by atoms with Crippen molar-refractivity contribution in [3.05, 3.63) is 17.3 Å². The summed E-state index contributed by atoms with van der Waals surface area (Å²) in [4.78, 5) is 3.98. The van der Waals surface area contributed by atoms with Gasteiger partial charge >= 0.3 is 0 Å². The van der Waals surface area contributed by atoms with Crippen LogP contribution in [0.2, 0.25) is 5.02 Å². The van der Waals surface area contributed by atoms with Crippen LogP contribution < -0.4 is 11.3 Å². The molecular weight excluding hydrogens is 276 g/mol. The zero-order valence-electron chi connectivity index (χ0n) is 9.93. The van der Waals surface area contributed by atoms with E-state index < -0.39 is 10.0 Å². The first-order valence-corrected chi connectivity index (χ1v) is 7.42. The molecule has 0 bridgehead atoms. The minimum atomic E-state index is -3.52. The molecule has 0 amide bonds. The smallest absolute Gasteiger partial charge is 0.244 e. The van der Waals surface area contributed by atoms with E-state index >= 15 is 0 Å². The first-order chi connectivity index (χ1) is 8.46. The van der Waals surface area contributed by atoms with Crippen molar-refractivity contribution in [2.45, 2.75) is 30.7 Å². The quantitative estimate of drug-likeness (QED) is 0.645. The highest BCUT2D eigenvalue weighted by Crippen LogP contribution is 2.28. The summed E-state index contributed by atoms with van der Waals surface area (Å²) >= 11 is 5.89. The molecule has 100 valence electrons. The summed E-state index contributed by atoms with van der Waals surface area (Å²) in [7, 11) is -3.52. The summed E-state index contributed by atoms with van der Waals surface area (Å²) in [5.41, 5.74) is 2.30. The van der Waals surface area contributed by atoms with Gasteiger partial charge in [0.15, 0.2) is 5.82 Å². The summed E-state index contributed by atoms with van der Waals surface area (Å²) in [5, 5.41) is 0.186. The fourth-order valence-electron chi connectivity index (χ4n) is 2.07. The summed E-state index contributed by atoms with van der Waals surface area (Å²) in [6.45, 7) is 2.44. The number of rotatable bonds is 3. The molecule has 0 saturated carbocycles. The van der Waals surface area contributed by atoms with Crippen LogP contribution in [0.25, 0.3) is 0 Å². The van der Waals surface area contributed by atoms with Crippen LogP contribution in [0.4, 0.5) is 5.82 Å². The highest BCUT2D eigenvalue weighted by atomic mass is 35.5. The van der Waals surface area contributed by atoms with E-state index in [1.807, 2.05) is 6.92 Å². The van der Waals surface area contributed by atoms with E-state index in [1.54, 1.807) is 0 Å². The number of halogens is 1. The van der Waals surface area contributed by atoms with Gasteiger partial charge in [-0.05, 0) is 25.8 Å². The number of hydrogen-bond donors (Lipinski definition) is 2. The number of nitrogens with zero attached hydrogens (tertiary/aromatic N) is 2. The zero-order valence-corrected chi connectivity index (χ0v) is 11.5. The number of hydrazine groups is 1. The Balaban J connectivity index is 2.38. The first kappa shape index (κ1) is 13.5. The normalized spacial score (nSPS) is 21.2. The van der Waals surface area contributed by atoms with Crippen LogP contribution in [0.5, 0.6) is 0 Å². The average molecular weight is 291 g/mol. The van der Waals surface area contributed by atoms with Crippen LogP contribution >= 0.6 is 11.6 Å². The molecule has 0 spiro atoms. The molecule has 1 aromatic rings. The Bertz CT molecular complexity index is 549. The van der Waals surface area contributed by atoms with Crippen molar-refractivity contribution < 1.29 is 8.42 Å². The van der Waals surface area contributed by atoms with E-state index in [2.05, 4.69) is 10.4 Å². The molecule has 1 saturated heterocycles. The van der Waals surface area contributed by atoms with Crippen LogP contribution in [0, 0.1) is 0 Å². The van der Waals surface area contributed by atoms with Gasteiger partial charge in [0, 0.05) is 18.8 Å². The number of nitrogens with one attached hydrogen (secondary N) is 1. The van der Waals surface area contributed by atoms with Crippen molar-refractivity contribution in [3.63, 3.8) is 0 Å². The molecule has 6 nitrogen and oxygen atoms in total. The molecule has 8 heteroatoms. The second kappa shape index (κ2) is 5.00. The van der Waals surface area contributed by atoms with E-state index in [0.29, 0.717) is 6.54 Å². The van der Waals surface area contributed by atoms with Gasteiger partial charge in [-0.15, -0.1) is 0 Å². The lowest BCUT2D eigenvalue weighted by Gasteiger charge is -2.20. The third-order valence-electron chi connectivity index (χ3n) is 3.05. The maximum Gasteiger partial charge on any atom is 0.244 e. The topological polar surface area (TPSA) is 88.3 Å². The van der Waals surface area contributed by atoms with E-state index in [1.165, 1.54) is 16.6 Å². The van der Waals surface area contributed by atoms with E-state index in [4.69, 9.17) is 17.4 Å². The van der Waals surface area contributed by atoms with Gasteiger partial charge in [-0.3, -0.25) is 0 Å².